The molecule has 3 rings (SSSR count). The number of halogens is 2. The van der Waals surface area contributed by atoms with Crippen molar-refractivity contribution in [1.29, 1.82) is 0 Å². The number of hydrogen-bond acceptors (Lipinski definition) is 7. The molecular formula is C18H15F2N5O2. The molecule has 0 spiro atoms. The number of esters is 1. The van der Waals surface area contributed by atoms with E-state index in [1.807, 2.05) is 0 Å². The quantitative estimate of drug-likeness (QED) is 0.642. The Morgan fingerprint density at radius 1 is 1.04 bits per heavy atom. The summed E-state index contributed by atoms with van der Waals surface area (Å²) in [5.41, 5.74) is 6.69. The van der Waals surface area contributed by atoms with E-state index >= 15 is 0 Å². The second-order valence-electron chi connectivity index (χ2n) is 5.53. The van der Waals surface area contributed by atoms with Crippen molar-refractivity contribution >= 4 is 23.6 Å². The molecule has 2 aromatic carbocycles. The zero-order valence-corrected chi connectivity index (χ0v) is 14.0. The van der Waals surface area contributed by atoms with Crippen LogP contribution in [0.25, 0.3) is 0 Å². The topological polar surface area (TPSA) is 103 Å². The molecule has 0 saturated carbocycles. The predicted molar refractivity (Wildman–Crippen MR) is 93.8 cm³/mol. The maximum atomic E-state index is 13.1. The standard InChI is InChI=1S/C18H15F2N5O2/c19-12-4-6-14(7-5-12)22-18-24-15(23-17(21)25-18)10-27-16(26)9-11-2-1-3-13(20)8-11/h1-8H,9-10H2,(H3,21,22,23,24,25). The Kier molecular flexibility index (Phi) is 5.50. The number of rotatable bonds is 6. The van der Waals surface area contributed by atoms with Gasteiger partial charge in [-0.15, -0.1) is 0 Å². The third-order valence-electron chi connectivity index (χ3n) is 3.40. The summed E-state index contributed by atoms with van der Waals surface area (Å²) in [6, 6.07) is 11.3. The smallest absolute Gasteiger partial charge is 0.310 e. The first kappa shape index (κ1) is 18.2. The molecule has 0 aliphatic rings. The van der Waals surface area contributed by atoms with Gasteiger partial charge in [-0.3, -0.25) is 4.79 Å². The number of benzene rings is 2. The number of nitrogens with zero attached hydrogens (tertiary/aromatic N) is 3. The fourth-order valence-electron chi connectivity index (χ4n) is 2.23. The van der Waals surface area contributed by atoms with E-state index in [-0.39, 0.29) is 36.6 Å². The van der Waals surface area contributed by atoms with Crippen LogP contribution in [0, 0.1) is 11.6 Å². The molecule has 27 heavy (non-hydrogen) atoms. The lowest BCUT2D eigenvalue weighted by Gasteiger charge is -2.08. The molecule has 0 atom stereocenters. The molecule has 1 heterocycles. The van der Waals surface area contributed by atoms with Crippen LogP contribution < -0.4 is 11.1 Å². The summed E-state index contributed by atoms with van der Waals surface area (Å²) in [6.45, 7) is -0.223. The number of carbonyl (C=O) groups excluding carboxylic acids is 1. The maximum Gasteiger partial charge on any atom is 0.310 e. The molecule has 0 saturated heterocycles. The molecule has 0 unspecified atom stereocenters. The summed E-state index contributed by atoms with van der Waals surface area (Å²) in [6.07, 6.45) is -0.0843. The number of nitrogens with one attached hydrogen (secondary N) is 1. The summed E-state index contributed by atoms with van der Waals surface area (Å²) in [4.78, 5) is 23.8. The van der Waals surface area contributed by atoms with Crippen LogP contribution in [0.5, 0.6) is 0 Å². The second-order valence-corrected chi connectivity index (χ2v) is 5.53. The normalized spacial score (nSPS) is 10.4. The molecule has 0 fully saturated rings. The molecule has 0 amide bonds. The zero-order valence-electron chi connectivity index (χ0n) is 14.0. The highest BCUT2D eigenvalue weighted by atomic mass is 19.1. The van der Waals surface area contributed by atoms with Crippen LogP contribution in [0.4, 0.5) is 26.4 Å². The van der Waals surface area contributed by atoms with Crippen LogP contribution in [-0.4, -0.2) is 20.9 Å². The van der Waals surface area contributed by atoms with E-state index in [0.717, 1.165) is 0 Å². The summed E-state index contributed by atoms with van der Waals surface area (Å²) >= 11 is 0. The van der Waals surface area contributed by atoms with Crippen molar-refractivity contribution in [3.05, 3.63) is 71.6 Å². The molecule has 0 radical (unpaired) electrons. The summed E-state index contributed by atoms with van der Waals surface area (Å²) in [5.74, 6) is -1.16. The first-order valence-electron chi connectivity index (χ1n) is 7.91. The largest absolute Gasteiger partial charge is 0.457 e. The summed E-state index contributed by atoms with van der Waals surface area (Å²) in [7, 11) is 0. The fraction of sp³-hybridized carbons (Fsp3) is 0.111. The number of anilines is 3. The minimum absolute atomic E-state index is 0.0641. The Hall–Kier alpha value is -3.62. The zero-order chi connectivity index (χ0) is 19.2. The van der Waals surface area contributed by atoms with E-state index in [9.17, 15) is 13.6 Å². The Bertz CT molecular complexity index is 951. The molecule has 0 aliphatic heterocycles. The van der Waals surface area contributed by atoms with Gasteiger partial charge in [0.25, 0.3) is 0 Å². The van der Waals surface area contributed by atoms with E-state index in [2.05, 4.69) is 20.3 Å². The highest BCUT2D eigenvalue weighted by Crippen LogP contribution is 2.14. The number of carbonyl (C=O) groups is 1. The van der Waals surface area contributed by atoms with Gasteiger partial charge in [0.2, 0.25) is 11.9 Å². The highest BCUT2D eigenvalue weighted by molar-refractivity contribution is 5.72. The van der Waals surface area contributed by atoms with Gasteiger partial charge in [-0.25, -0.2) is 8.78 Å². The van der Waals surface area contributed by atoms with Crippen LogP contribution in [0.3, 0.4) is 0 Å². The van der Waals surface area contributed by atoms with Gasteiger partial charge in [-0.1, -0.05) is 12.1 Å². The van der Waals surface area contributed by atoms with E-state index in [1.54, 1.807) is 6.07 Å². The summed E-state index contributed by atoms with van der Waals surface area (Å²) in [5, 5.41) is 2.86. The van der Waals surface area contributed by atoms with E-state index in [4.69, 9.17) is 10.5 Å². The van der Waals surface area contributed by atoms with Crippen molar-refractivity contribution in [2.24, 2.45) is 0 Å². The van der Waals surface area contributed by atoms with Crippen molar-refractivity contribution in [2.75, 3.05) is 11.1 Å². The number of aromatic nitrogens is 3. The SMILES string of the molecule is Nc1nc(COC(=O)Cc2cccc(F)c2)nc(Nc2ccc(F)cc2)n1. The number of nitrogens with two attached hydrogens (primary N) is 1. The molecule has 3 N–H and O–H groups in total. The maximum absolute atomic E-state index is 13.1. The Morgan fingerprint density at radius 3 is 2.56 bits per heavy atom. The monoisotopic (exact) mass is 371 g/mol. The van der Waals surface area contributed by atoms with Gasteiger partial charge in [-0.05, 0) is 42.0 Å². The van der Waals surface area contributed by atoms with Crippen LogP contribution >= 0.6 is 0 Å². The lowest BCUT2D eigenvalue weighted by Crippen LogP contribution is -2.12. The molecular weight excluding hydrogens is 356 g/mol. The Morgan fingerprint density at radius 2 is 1.81 bits per heavy atom. The lowest BCUT2D eigenvalue weighted by molar-refractivity contribution is -0.144. The van der Waals surface area contributed by atoms with Crippen molar-refractivity contribution in [3.63, 3.8) is 0 Å². The third kappa shape index (κ3) is 5.43. The van der Waals surface area contributed by atoms with E-state index in [1.165, 1.54) is 42.5 Å². The first-order valence-corrected chi connectivity index (χ1v) is 7.91. The molecule has 3 aromatic rings. The molecule has 138 valence electrons. The van der Waals surface area contributed by atoms with Gasteiger partial charge in [0, 0.05) is 5.69 Å². The van der Waals surface area contributed by atoms with Gasteiger partial charge in [0.1, 0.15) is 11.6 Å². The van der Waals surface area contributed by atoms with E-state index in [0.29, 0.717) is 11.3 Å². The van der Waals surface area contributed by atoms with Gasteiger partial charge in [0.15, 0.2) is 12.4 Å². The van der Waals surface area contributed by atoms with Gasteiger partial charge in [0.05, 0.1) is 6.42 Å². The minimum atomic E-state index is -0.562. The van der Waals surface area contributed by atoms with Crippen molar-refractivity contribution in [2.45, 2.75) is 13.0 Å². The molecule has 0 aliphatic carbocycles. The number of hydrogen-bond donors (Lipinski definition) is 2. The number of ether oxygens (including phenoxy) is 1. The molecule has 0 bridgehead atoms. The van der Waals surface area contributed by atoms with Crippen LogP contribution in [0.1, 0.15) is 11.4 Å². The summed E-state index contributed by atoms with van der Waals surface area (Å²) < 4.78 is 31.2. The van der Waals surface area contributed by atoms with Crippen LogP contribution in [-0.2, 0) is 22.6 Å². The second kappa shape index (κ2) is 8.17. The molecule has 1 aromatic heterocycles. The van der Waals surface area contributed by atoms with Gasteiger partial charge in [-0.2, -0.15) is 15.0 Å². The third-order valence-corrected chi connectivity index (χ3v) is 3.40. The highest BCUT2D eigenvalue weighted by Gasteiger charge is 2.10. The first-order chi connectivity index (χ1) is 13.0. The predicted octanol–water partition coefficient (Wildman–Crippen LogP) is 2.76. The van der Waals surface area contributed by atoms with Crippen molar-refractivity contribution < 1.29 is 18.3 Å². The number of nitrogen functional groups attached to an aromatic ring is 1. The molecule has 7 nitrogen and oxygen atoms in total. The minimum Gasteiger partial charge on any atom is -0.457 e. The van der Waals surface area contributed by atoms with Crippen molar-refractivity contribution in [1.82, 2.24) is 15.0 Å². The van der Waals surface area contributed by atoms with Gasteiger partial charge >= 0.3 is 5.97 Å². The van der Waals surface area contributed by atoms with E-state index < -0.39 is 11.8 Å². The Balaban J connectivity index is 1.62. The fourth-order valence-corrected chi connectivity index (χ4v) is 2.23. The van der Waals surface area contributed by atoms with Crippen LogP contribution in [0.2, 0.25) is 0 Å². The lowest BCUT2D eigenvalue weighted by atomic mass is 10.1. The van der Waals surface area contributed by atoms with Crippen molar-refractivity contribution in [3.8, 4) is 0 Å². The average Bonchev–Trinajstić information content (AvgIpc) is 2.62. The Labute approximate surface area is 153 Å². The average molecular weight is 371 g/mol. The van der Waals surface area contributed by atoms with Gasteiger partial charge < -0.3 is 15.8 Å². The molecule has 9 heteroatoms. The van der Waals surface area contributed by atoms with Crippen LogP contribution in [0.15, 0.2) is 48.5 Å².